The molecule has 0 bridgehead atoms. The van der Waals surface area contributed by atoms with Crippen LogP contribution in [0.1, 0.15) is 58.0 Å². The molecule has 0 saturated heterocycles. The highest BCUT2D eigenvalue weighted by Gasteiger charge is 2.24. The maximum atomic E-state index is 6.31. The molecule has 170 valence electrons. The summed E-state index contributed by atoms with van der Waals surface area (Å²) in [4.78, 5) is 13.0. The minimum atomic E-state index is -0.240. The summed E-state index contributed by atoms with van der Waals surface area (Å²) in [5.74, 6) is 0. The Bertz CT molecular complexity index is 885. The fourth-order valence-electron chi connectivity index (χ4n) is 3.19. The lowest BCUT2D eigenvalue weighted by atomic mass is 10.1. The molecule has 0 aliphatic heterocycles. The van der Waals surface area contributed by atoms with E-state index >= 15 is 0 Å². The van der Waals surface area contributed by atoms with Gasteiger partial charge in [-0.05, 0) is 25.8 Å². The monoisotopic (exact) mass is 428 g/mol. The van der Waals surface area contributed by atoms with Gasteiger partial charge >= 0.3 is 0 Å². The van der Waals surface area contributed by atoms with Gasteiger partial charge in [-0.15, -0.1) is 0 Å². The summed E-state index contributed by atoms with van der Waals surface area (Å²) >= 11 is 0. The molecule has 0 saturated carbocycles. The van der Waals surface area contributed by atoms with Gasteiger partial charge in [0.15, 0.2) is 5.65 Å². The van der Waals surface area contributed by atoms with Gasteiger partial charge in [0.05, 0.1) is 31.3 Å². The van der Waals surface area contributed by atoms with Crippen molar-refractivity contribution in [1.82, 2.24) is 19.5 Å². The van der Waals surface area contributed by atoms with E-state index < -0.39 is 0 Å². The van der Waals surface area contributed by atoms with Crippen molar-refractivity contribution in [3.63, 3.8) is 0 Å². The van der Waals surface area contributed by atoms with Gasteiger partial charge in [-0.3, -0.25) is 4.57 Å². The molecule has 3 aromatic rings. The number of rotatable bonds is 10. The van der Waals surface area contributed by atoms with Crippen LogP contribution in [0.4, 0.5) is 0 Å². The summed E-state index contributed by atoms with van der Waals surface area (Å²) in [5.41, 5.74) is 3.55. The van der Waals surface area contributed by atoms with Crippen molar-refractivity contribution < 1.29 is 14.2 Å². The molecule has 7 heteroatoms. The summed E-state index contributed by atoms with van der Waals surface area (Å²) in [5, 5.41) is 0. The van der Waals surface area contributed by atoms with Crippen LogP contribution in [0.5, 0.6) is 0 Å². The van der Waals surface area contributed by atoms with E-state index in [0.29, 0.717) is 13.2 Å². The van der Waals surface area contributed by atoms with Crippen LogP contribution >= 0.6 is 0 Å². The molecule has 3 unspecified atom stereocenters. The predicted molar refractivity (Wildman–Crippen MR) is 123 cm³/mol. The molecule has 3 atom stereocenters. The molecule has 0 amide bonds. The first-order valence-electron chi connectivity index (χ1n) is 11.0. The molecule has 31 heavy (non-hydrogen) atoms. The highest BCUT2D eigenvalue weighted by atomic mass is 16.6. The van der Waals surface area contributed by atoms with Gasteiger partial charge in [0.25, 0.3) is 0 Å². The lowest BCUT2D eigenvalue weighted by Gasteiger charge is -2.28. The first kappa shape index (κ1) is 24.9. The Hall–Kier alpha value is -2.35. The van der Waals surface area contributed by atoms with Crippen molar-refractivity contribution in [1.29, 1.82) is 0 Å². The zero-order chi connectivity index (χ0) is 22.6. The van der Waals surface area contributed by atoms with Gasteiger partial charge in [0.2, 0.25) is 0 Å². The van der Waals surface area contributed by atoms with E-state index in [1.165, 1.54) is 6.42 Å². The Kier molecular flexibility index (Phi) is 10.6. The Balaban J connectivity index is 0.00000107. The Labute approximate surface area is 185 Å². The smallest absolute Gasteiger partial charge is 0.165 e. The Morgan fingerprint density at radius 3 is 2.35 bits per heavy atom. The normalized spacial score (nSPS) is 14.0. The predicted octanol–water partition coefficient (Wildman–Crippen LogP) is 5.10. The van der Waals surface area contributed by atoms with Crippen molar-refractivity contribution >= 4 is 11.2 Å². The number of ether oxygens (including phenoxy) is 3. The third kappa shape index (κ3) is 7.09. The third-order valence-electron chi connectivity index (χ3n) is 4.82. The first-order chi connectivity index (χ1) is 15.0. The van der Waals surface area contributed by atoms with E-state index in [1.54, 1.807) is 19.8 Å². The fourth-order valence-corrected chi connectivity index (χ4v) is 3.19. The van der Waals surface area contributed by atoms with Gasteiger partial charge < -0.3 is 14.2 Å². The molecule has 0 aliphatic carbocycles. The molecule has 1 aromatic carbocycles. The largest absolute Gasteiger partial charge is 0.376 e. The lowest BCUT2D eigenvalue weighted by molar-refractivity contribution is -0.130. The minimum absolute atomic E-state index is 0.115. The van der Waals surface area contributed by atoms with Gasteiger partial charge in [0, 0.05) is 7.11 Å². The van der Waals surface area contributed by atoms with Gasteiger partial charge in [-0.1, -0.05) is 57.5 Å². The summed E-state index contributed by atoms with van der Waals surface area (Å²) in [6.07, 6.45) is 4.83. The molecule has 0 N–H and O–H groups in total. The van der Waals surface area contributed by atoms with Crippen molar-refractivity contribution in [2.45, 2.75) is 72.5 Å². The number of aromatic nitrogens is 4. The van der Waals surface area contributed by atoms with E-state index in [1.807, 2.05) is 48.7 Å². The number of nitrogens with zero attached hydrogens (tertiary/aromatic N) is 4. The van der Waals surface area contributed by atoms with Crippen molar-refractivity contribution in [2.24, 2.45) is 0 Å². The number of imidazole rings is 1. The number of methoxy groups -OCH3 is 1. The molecule has 7 nitrogen and oxygen atoms in total. The second-order valence-corrected chi connectivity index (χ2v) is 7.45. The van der Waals surface area contributed by atoms with Crippen LogP contribution in [0.15, 0.2) is 43.0 Å². The summed E-state index contributed by atoms with van der Waals surface area (Å²) < 4.78 is 19.8. The second-order valence-electron chi connectivity index (χ2n) is 7.45. The molecule has 0 aliphatic rings. The van der Waals surface area contributed by atoms with Crippen molar-refractivity contribution in [3.05, 3.63) is 54.2 Å². The summed E-state index contributed by atoms with van der Waals surface area (Å²) in [6.45, 7) is 11.3. The topological polar surface area (TPSA) is 71.3 Å². The lowest BCUT2D eigenvalue weighted by Crippen LogP contribution is -2.36. The number of aryl methyl sites for hydroxylation is 1. The Morgan fingerprint density at radius 1 is 1.00 bits per heavy atom. The molecule has 3 rings (SSSR count). The first-order valence-corrected chi connectivity index (χ1v) is 11.0. The zero-order valence-corrected chi connectivity index (χ0v) is 19.6. The molecule has 0 spiro atoms. The van der Waals surface area contributed by atoms with Crippen LogP contribution in [0, 0.1) is 6.92 Å². The van der Waals surface area contributed by atoms with Crippen LogP contribution < -0.4 is 0 Å². The van der Waals surface area contributed by atoms with Crippen molar-refractivity contribution in [2.75, 3.05) is 13.7 Å². The molecule has 2 heterocycles. The van der Waals surface area contributed by atoms with Crippen molar-refractivity contribution in [3.8, 4) is 0 Å². The number of fused-ring (bicyclic) bond motifs is 1. The fraction of sp³-hybridized carbons (Fsp3) is 0.542. The van der Waals surface area contributed by atoms with Gasteiger partial charge in [0.1, 0.15) is 24.2 Å². The average Bonchev–Trinajstić information content (AvgIpc) is 3.22. The highest BCUT2D eigenvalue weighted by Crippen LogP contribution is 2.22. The van der Waals surface area contributed by atoms with Gasteiger partial charge in [-0.25, -0.2) is 15.0 Å². The van der Waals surface area contributed by atoms with E-state index in [-0.39, 0.29) is 18.4 Å². The van der Waals surface area contributed by atoms with E-state index in [0.717, 1.165) is 28.8 Å². The van der Waals surface area contributed by atoms with Crippen LogP contribution in [-0.2, 0) is 20.8 Å². The second kappa shape index (κ2) is 13.1. The molecular weight excluding hydrogens is 392 g/mol. The molecule has 2 aromatic heterocycles. The quantitative estimate of drug-likeness (QED) is 0.448. The standard InChI is InChI=1S/C21H28N4O3.C3H8/c1-5-18(19(26-4)12-27-11-17-9-7-6-8-10-17)28-16(3)25-14-24-20-15(2)22-13-23-21(20)25;1-3-2/h6-10,13-14,16,18-19H,5,11-12H2,1-4H3;3H2,1-2H3. The third-order valence-corrected chi connectivity index (χ3v) is 4.82. The van der Waals surface area contributed by atoms with Crippen LogP contribution in [-0.4, -0.2) is 45.4 Å². The summed E-state index contributed by atoms with van der Waals surface area (Å²) in [6, 6.07) is 10.1. The number of hydrogen-bond acceptors (Lipinski definition) is 6. The zero-order valence-electron chi connectivity index (χ0n) is 19.6. The Morgan fingerprint density at radius 2 is 1.71 bits per heavy atom. The van der Waals surface area contributed by atoms with Crippen LogP contribution in [0.2, 0.25) is 0 Å². The molecular formula is C24H36N4O3. The number of benzene rings is 1. The summed E-state index contributed by atoms with van der Waals surface area (Å²) in [7, 11) is 1.69. The molecule has 0 fully saturated rings. The van der Waals surface area contributed by atoms with Crippen LogP contribution in [0.3, 0.4) is 0 Å². The number of hydrogen-bond donors (Lipinski definition) is 0. The van der Waals surface area contributed by atoms with E-state index in [9.17, 15) is 0 Å². The highest BCUT2D eigenvalue weighted by molar-refractivity contribution is 5.72. The van der Waals surface area contributed by atoms with E-state index in [2.05, 4.69) is 35.7 Å². The minimum Gasteiger partial charge on any atom is -0.376 e. The SMILES string of the molecule is CCC.CCC(OC(C)n1cnc2c(C)ncnc21)C(COCc1ccccc1)OC. The average molecular weight is 429 g/mol. The molecule has 0 radical (unpaired) electrons. The maximum Gasteiger partial charge on any atom is 0.165 e. The maximum absolute atomic E-state index is 6.31. The van der Waals surface area contributed by atoms with E-state index in [4.69, 9.17) is 14.2 Å². The van der Waals surface area contributed by atoms with Crippen LogP contribution in [0.25, 0.3) is 11.2 Å². The van der Waals surface area contributed by atoms with Gasteiger partial charge in [-0.2, -0.15) is 0 Å².